The largest absolute Gasteiger partial charge is 0.320 e. The lowest BCUT2D eigenvalue weighted by atomic mass is 10.0. The minimum absolute atomic E-state index is 0.179. The Bertz CT molecular complexity index is 399. The van der Waals surface area contributed by atoms with E-state index < -0.39 is 10.2 Å². The van der Waals surface area contributed by atoms with Crippen LogP contribution in [0, 0.1) is 5.92 Å². The summed E-state index contributed by atoms with van der Waals surface area (Å²) in [6, 6.07) is 0.179. The van der Waals surface area contributed by atoms with E-state index in [9.17, 15) is 8.42 Å². The van der Waals surface area contributed by atoms with Gasteiger partial charge in [0.2, 0.25) is 0 Å². The molecule has 1 N–H and O–H groups in total. The van der Waals surface area contributed by atoms with Gasteiger partial charge in [0.15, 0.2) is 0 Å². The summed E-state index contributed by atoms with van der Waals surface area (Å²) in [5, 5.41) is 3.14. The average molecular weight is 303 g/mol. The molecule has 0 radical (unpaired) electrons. The molecule has 0 bridgehead atoms. The van der Waals surface area contributed by atoms with Gasteiger partial charge in [-0.05, 0) is 51.6 Å². The van der Waals surface area contributed by atoms with E-state index in [4.69, 9.17) is 0 Å². The Hall–Kier alpha value is -0.170. The Kier molecular flexibility index (Phi) is 5.84. The maximum Gasteiger partial charge on any atom is 0.282 e. The van der Waals surface area contributed by atoms with Crippen LogP contribution in [-0.4, -0.2) is 56.3 Å². The van der Waals surface area contributed by atoms with Gasteiger partial charge in [-0.2, -0.15) is 17.0 Å². The van der Waals surface area contributed by atoms with Crippen molar-refractivity contribution in [2.75, 3.05) is 33.2 Å². The first kappa shape index (κ1) is 16.2. The molecule has 2 rings (SSSR count). The van der Waals surface area contributed by atoms with Crippen LogP contribution in [0.1, 0.15) is 45.4 Å². The molecule has 6 heteroatoms. The number of piperidine rings is 2. The van der Waals surface area contributed by atoms with E-state index in [2.05, 4.69) is 12.2 Å². The van der Waals surface area contributed by atoms with E-state index in [-0.39, 0.29) is 6.04 Å². The molecule has 2 saturated heterocycles. The van der Waals surface area contributed by atoms with Crippen molar-refractivity contribution in [3.05, 3.63) is 0 Å². The van der Waals surface area contributed by atoms with Gasteiger partial charge in [0.05, 0.1) is 0 Å². The van der Waals surface area contributed by atoms with Crippen LogP contribution in [0.15, 0.2) is 0 Å². The lowest BCUT2D eigenvalue weighted by Gasteiger charge is -2.40. The van der Waals surface area contributed by atoms with Crippen molar-refractivity contribution >= 4 is 10.2 Å². The molecule has 0 aromatic rings. The fourth-order valence-corrected chi connectivity index (χ4v) is 5.43. The first-order valence-electron chi connectivity index (χ1n) is 7.97. The molecule has 2 unspecified atom stereocenters. The van der Waals surface area contributed by atoms with Gasteiger partial charge in [-0.15, -0.1) is 0 Å². The average Bonchev–Trinajstić information content (AvgIpc) is 2.45. The molecule has 2 heterocycles. The predicted octanol–water partition coefficient (Wildman–Crippen LogP) is 1.43. The van der Waals surface area contributed by atoms with Crippen LogP contribution in [0.25, 0.3) is 0 Å². The summed E-state index contributed by atoms with van der Waals surface area (Å²) in [5.74, 6) is 0.485. The summed E-state index contributed by atoms with van der Waals surface area (Å²) in [6.45, 7) is 5.12. The zero-order chi connectivity index (χ0) is 14.6. The van der Waals surface area contributed by atoms with E-state index in [1.165, 1.54) is 0 Å². The monoisotopic (exact) mass is 303 g/mol. The number of hydrogen-bond donors (Lipinski definition) is 1. The van der Waals surface area contributed by atoms with Crippen molar-refractivity contribution in [3.8, 4) is 0 Å². The summed E-state index contributed by atoms with van der Waals surface area (Å²) < 4.78 is 29.3. The van der Waals surface area contributed by atoms with Crippen LogP contribution in [0.3, 0.4) is 0 Å². The van der Waals surface area contributed by atoms with Gasteiger partial charge in [-0.3, -0.25) is 0 Å². The van der Waals surface area contributed by atoms with Gasteiger partial charge in [0.1, 0.15) is 0 Å². The Morgan fingerprint density at radius 1 is 1.15 bits per heavy atom. The van der Waals surface area contributed by atoms with E-state index in [0.29, 0.717) is 25.6 Å². The molecule has 0 aromatic carbocycles. The van der Waals surface area contributed by atoms with Gasteiger partial charge in [-0.1, -0.05) is 13.3 Å². The quantitative estimate of drug-likeness (QED) is 0.836. The van der Waals surface area contributed by atoms with E-state index in [0.717, 1.165) is 45.1 Å². The molecule has 20 heavy (non-hydrogen) atoms. The molecule has 118 valence electrons. The summed E-state index contributed by atoms with van der Waals surface area (Å²) in [5.41, 5.74) is 0. The molecule has 0 saturated carbocycles. The van der Waals surface area contributed by atoms with Gasteiger partial charge >= 0.3 is 0 Å². The van der Waals surface area contributed by atoms with Crippen molar-refractivity contribution in [2.24, 2.45) is 5.92 Å². The molecule has 0 aliphatic carbocycles. The van der Waals surface area contributed by atoms with Crippen LogP contribution >= 0.6 is 0 Å². The van der Waals surface area contributed by atoms with Crippen LogP contribution < -0.4 is 5.32 Å². The molecule has 2 aliphatic rings. The Morgan fingerprint density at radius 2 is 1.95 bits per heavy atom. The lowest BCUT2D eigenvalue weighted by molar-refractivity contribution is 0.203. The maximum atomic E-state index is 12.9. The van der Waals surface area contributed by atoms with E-state index in [1.807, 2.05) is 7.05 Å². The third-order valence-corrected chi connectivity index (χ3v) is 6.60. The third kappa shape index (κ3) is 3.72. The summed E-state index contributed by atoms with van der Waals surface area (Å²) in [7, 11) is -1.33. The van der Waals surface area contributed by atoms with E-state index >= 15 is 0 Å². The van der Waals surface area contributed by atoms with E-state index in [1.54, 1.807) is 8.61 Å². The number of nitrogens with one attached hydrogen (secondary N) is 1. The highest BCUT2D eigenvalue weighted by Crippen LogP contribution is 2.27. The Morgan fingerprint density at radius 3 is 2.65 bits per heavy atom. The van der Waals surface area contributed by atoms with Gasteiger partial charge in [-0.25, -0.2) is 0 Å². The first-order chi connectivity index (χ1) is 9.55. The smallest absolute Gasteiger partial charge is 0.282 e. The zero-order valence-corrected chi connectivity index (χ0v) is 13.7. The topological polar surface area (TPSA) is 52.7 Å². The van der Waals surface area contributed by atoms with Gasteiger partial charge < -0.3 is 5.32 Å². The molecule has 5 nitrogen and oxygen atoms in total. The van der Waals surface area contributed by atoms with Gasteiger partial charge in [0.25, 0.3) is 10.2 Å². The molecular formula is C14H29N3O2S. The summed E-state index contributed by atoms with van der Waals surface area (Å²) in [6.07, 6.45) is 6.21. The minimum Gasteiger partial charge on any atom is -0.320 e. The van der Waals surface area contributed by atoms with Crippen molar-refractivity contribution in [1.82, 2.24) is 13.9 Å². The van der Waals surface area contributed by atoms with Crippen molar-refractivity contribution < 1.29 is 8.42 Å². The van der Waals surface area contributed by atoms with Crippen LogP contribution in [-0.2, 0) is 10.2 Å². The van der Waals surface area contributed by atoms with Gasteiger partial charge in [0, 0.05) is 25.7 Å². The Balaban J connectivity index is 2.08. The van der Waals surface area contributed by atoms with Crippen molar-refractivity contribution in [1.29, 1.82) is 0 Å². The minimum atomic E-state index is -3.26. The molecule has 2 fully saturated rings. The zero-order valence-electron chi connectivity index (χ0n) is 12.8. The highest BCUT2D eigenvalue weighted by atomic mass is 32.2. The molecule has 2 atom stereocenters. The summed E-state index contributed by atoms with van der Waals surface area (Å²) >= 11 is 0. The molecule has 2 aliphatic heterocycles. The second-order valence-corrected chi connectivity index (χ2v) is 8.15. The van der Waals surface area contributed by atoms with Crippen molar-refractivity contribution in [3.63, 3.8) is 0 Å². The maximum absolute atomic E-state index is 12.9. The molecular weight excluding hydrogens is 274 g/mol. The second kappa shape index (κ2) is 7.20. The van der Waals surface area contributed by atoms with Crippen LogP contribution in [0.2, 0.25) is 0 Å². The number of nitrogens with zero attached hydrogens (tertiary/aromatic N) is 2. The number of hydrogen-bond acceptors (Lipinski definition) is 3. The first-order valence-corrected chi connectivity index (χ1v) is 9.37. The Labute approximate surface area is 123 Å². The fraction of sp³-hybridized carbons (Fsp3) is 1.00. The second-order valence-electron chi connectivity index (χ2n) is 6.27. The fourth-order valence-electron chi connectivity index (χ4n) is 3.38. The van der Waals surface area contributed by atoms with Crippen molar-refractivity contribution in [2.45, 2.75) is 51.5 Å². The normalized spacial score (nSPS) is 30.5. The summed E-state index contributed by atoms with van der Waals surface area (Å²) in [4.78, 5) is 0. The molecule has 0 aromatic heterocycles. The highest BCUT2D eigenvalue weighted by molar-refractivity contribution is 7.86. The SMILES string of the molecule is CNCCC1CCCCN1S(=O)(=O)N1CCCC(C)C1. The third-order valence-electron chi connectivity index (χ3n) is 4.54. The standard InChI is InChI=1S/C14H29N3O2S/c1-13-6-5-10-16(12-13)20(18,19)17-11-4-3-7-14(17)8-9-15-2/h13-15H,3-12H2,1-2H3. The molecule has 0 amide bonds. The molecule has 0 spiro atoms. The van der Waals surface area contributed by atoms with Crippen LogP contribution in [0.5, 0.6) is 0 Å². The predicted molar refractivity (Wildman–Crippen MR) is 81.8 cm³/mol. The highest BCUT2D eigenvalue weighted by Gasteiger charge is 2.37. The number of rotatable bonds is 5. The van der Waals surface area contributed by atoms with Crippen LogP contribution in [0.4, 0.5) is 0 Å². The lowest BCUT2D eigenvalue weighted by Crippen LogP contribution is -2.53.